The van der Waals surface area contributed by atoms with Gasteiger partial charge in [0, 0.05) is 17.5 Å². The van der Waals surface area contributed by atoms with Gasteiger partial charge in [-0.1, -0.05) is 29.8 Å². The van der Waals surface area contributed by atoms with Crippen LogP contribution < -0.4 is 20.1 Å². The summed E-state index contributed by atoms with van der Waals surface area (Å²) in [6, 6.07) is 16.6. The van der Waals surface area contributed by atoms with E-state index in [-0.39, 0.29) is 5.91 Å². The largest absolute Gasteiger partial charge is 0.493 e. The number of methoxy groups -OCH3 is 2. The van der Waals surface area contributed by atoms with Crippen LogP contribution in [0.15, 0.2) is 78.3 Å². The van der Waals surface area contributed by atoms with Gasteiger partial charge in [0.15, 0.2) is 17.3 Å². The van der Waals surface area contributed by atoms with Crippen LogP contribution in [0.1, 0.15) is 24.1 Å². The number of nitrogens with one attached hydrogen (secondary N) is 2. The summed E-state index contributed by atoms with van der Waals surface area (Å²) in [6.07, 6.45) is 3.26. The summed E-state index contributed by atoms with van der Waals surface area (Å²) in [5, 5.41) is 11.1. The minimum absolute atomic E-state index is 0.272. The molecule has 0 aliphatic carbocycles. The number of aryl methyl sites for hydroxylation is 1. The van der Waals surface area contributed by atoms with Gasteiger partial charge in [-0.2, -0.15) is 4.98 Å². The lowest BCUT2D eigenvalue weighted by atomic mass is 9.94. The van der Waals surface area contributed by atoms with Gasteiger partial charge in [-0.15, -0.1) is 5.10 Å². The Labute approximate surface area is 208 Å². The van der Waals surface area contributed by atoms with Crippen molar-refractivity contribution < 1.29 is 14.3 Å². The van der Waals surface area contributed by atoms with E-state index in [1.165, 1.54) is 0 Å². The molecule has 0 bridgehead atoms. The zero-order valence-corrected chi connectivity index (χ0v) is 20.4. The van der Waals surface area contributed by atoms with Gasteiger partial charge in [0.25, 0.3) is 5.91 Å². The second-order valence-electron chi connectivity index (χ2n) is 8.45. The van der Waals surface area contributed by atoms with E-state index < -0.39 is 6.04 Å². The van der Waals surface area contributed by atoms with E-state index in [2.05, 4.69) is 15.6 Å². The third-order valence-corrected chi connectivity index (χ3v) is 6.02. The van der Waals surface area contributed by atoms with Crippen molar-refractivity contribution in [1.82, 2.24) is 19.7 Å². The Kier molecular flexibility index (Phi) is 6.12. The number of benzene rings is 2. The SMILES string of the molecule is COc1ccc(C2C(C(=O)Nc3cccnc3)=C(C)Nc3nc(-c4cccc(C)c4)nn32)cc1OC. The molecule has 1 aliphatic heterocycles. The van der Waals surface area contributed by atoms with E-state index in [4.69, 9.17) is 19.6 Å². The molecule has 2 N–H and O–H groups in total. The first-order valence-electron chi connectivity index (χ1n) is 11.4. The highest BCUT2D eigenvalue weighted by atomic mass is 16.5. The smallest absolute Gasteiger partial charge is 0.255 e. The summed E-state index contributed by atoms with van der Waals surface area (Å²) in [5.41, 5.74) is 4.57. The van der Waals surface area contributed by atoms with Crippen LogP contribution in [0.4, 0.5) is 11.6 Å². The average Bonchev–Trinajstić information content (AvgIpc) is 3.31. The molecule has 0 saturated carbocycles. The van der Waals surface area contributed by atoms with Crippen LogP contribution in [0.2, 0.25) is 0 Å². The van der Waals surface area contributed by atoms with E-state index in [1.807, 2.05) is 56.3 Å². The predicted octanol–water partition coefficient (Wildman–Crippen LogP) is 4.59. The average molecular weight is 483 g/mol. The fraction of sp³-hybridized carbons (Fsp3) is 0.185. The van der Waals surface area contributed by atoms with Gasteiger partial charge in [0.05, 0.1) is 31.7 Å². The lowest BCUT2D eigenvalue weighted by Gasteiger charge is -2.29. The molecular formula is C27H26N6O3. The van der Waals surface area contributed by atoms with Crippen molar-refractivity contribution in [2.75, 3.05) is 24.9 Å². The van der Waals surface area contributed by atoms with Crippen LogP contribution in [-0.4, -0.2) is 39.9 Å². The molecule has 2 aromatic carbocycles. The molecule has 0 fully saturated rings. The Balaban J connectivity index is 1.64. The molecule has 4 aromatic rings. The molecule has 2 aromatic heterocycles. The van der Waals surface area contributed by atoms with Gasteiger partial charge in [-0.05, 0) is 49.7 Å². The molecule has 1 aliphatic rings. The van der Waals surface area contributed by atoms with E-state index >= 15 is 0 Å². The molecule has 0 saturated heterocycles. The number of carbonyl (C=O) groups excluding carboxylic acids is 1. The maximum absolute atomic E-state index is 13.6. The van der Waals surface area contributed by atoms with Crippen molar-refractivity contribution in [3.05, 3.63) is 89.4 Å². The summed E-state index contributed by atoms with van der Waals surface area (Å²) >= 11 is 0. The van der Waals surface area contributed by atoms with Crippen molar-refractivity contribution in [3.63, 3.8) is 0 Å². The number of pyridine rings is 1. The molecule has 1 amide bonds. The molecule has 3 heterocycles. The molecule has 5 rings (SSSR count). The first kappa shape index (κ1) is 23.1. The molecule has 36 heavy (non-hydrogen) atoms. The Morgan fingerprint density at radius 2 is 1.86 bits per heavy atom. The third kappa shape index (κ3) is 4.26. The second kappa shape index (κ2) is 9.53. The van der Waals surface area contributed by atoms with Crippen molar-refractivity contribution in [2.45, 2.75) is 19.9 Å². The van der Waals surface area contributed by atoms with Crippen LogP contribution in [0.5, 0.6) is 11.5 Å². The number of aromatic nitrogens is 4. The van der Waals surface area contributed by atoms with E-state index in [9.17, 15) is 4.79 Å². The number of rotatable bonds is 6. The minimum atomic E-state index is -0.566. The lowest BCUT2D eigenvalue weighted by Crippen LogP contribution is -2.31. The highest BCUT2D eigenvalue weighted by molar-refractivity contribution is 6.06. The number of fused-ring (bicyclic) bond motifs is 1. The van der Waals surface area contributed by atoms with Gasteiger partial charge < -0.3 is 20.1 Å². The molecule has 1 unspecified atom stereocenters. The lowest BCUT2D eigenvalue weighted by molar-refractivity contribution is -0.113. The monoisotopic (exact) mass is 482 g/mol. The van der Waals surface area contributed by atoms with Crippen molar-refractivity contribution in [3.8, 4) is 22.9 Å². The number of hydrogen-bond donors (Lipinski definition) is 2. The second-order valence-corrected chi connectivity index (χ2v) is 8.45. The summed E-state index contributed by atoms with van der Waals surface area (Å²) < 4.78 is 12.7. The number of amides is 1. The van der Waals surface area contributed by atoms with Crippen LogP contribution >= 0.6 is 0 Å². The highest BCUT2D eigenvalue weighted by Crippen LogP contribution is 2.39. The Morgan fingerprint density at radius 1 is 1.03 bits per heavy atom. The predicted molar refractivity (Wildman–Crippen MR) is 137 cm³/mol. The molecule has 182 valence electrons. The quantitative estimate of drug-likeness (QED) is 0.414. The van der Waals surface area contributed by atoms with Gasteiger partial charge in [0.1, 0.15) is 6.04 Å². The van der Waals surface area contributed by atoms with Crippen molar-refractivity contribution in [1.29, 1.82) is 0 Å². The fourth-order valence-electron chi connectivity index (χ4n) is 4.32. The van der Waals surface area contributed by atoms with Crippen LogP contribution in [0.3, 0.4) is 0 Å². The number of ether oxygens (including phenoxy) is 2. The molecule has 0 spiro atoms. The van der Waals surface area contributed by atoms with E-state index in [1.54, 1.807) is 43.4 Å². The number of allylic oxidation sites excluding steroid dienone is 1. The summed E-state index contributed by atoms with van der Waals surface area (Å²) in [4.78, 5) is 22.5. The Hall–Kier alpha value is -4.66. The van der Waals surface area contributed by atoms with Crippen LogP contribution in [-0.2, 0) is 4.79 Å². The molecule has 9 heteroatoms. The number of carbonyl (C=O) groups is 1. The first-order valence-corrected chi connectivity index (χ1v) is 11.4. The Morgan fingerprint density at radius 3 is 2.58 bits per heavy atom. The summed E-state index contributed by atoms with van der Waals surface area (Å²) in [6.45, 7) is 3.88. The number of anilines is 2. The van der Waals surface area contributed by atoms with Crippen molar-refractivity contribution >= 4 is 17.5 Å². The van der Waals surface area contributed by atoms with Crippen molar-refractivity contribution in [2.24, 2.45) is 0 Å². The molecule has 9 nitrogen and oxygen atoms in total. The third-order valence-electron chi connectivity index (χ3n) is 6.02. The molecule has 1 atom stereocenters. The zero-order valence-electron chi connectivity index (χ0n) is 20.4. The standard InChI is InChI=1S/C27H26N6O3/c1-16-7-5-8-19(13-16)25-31-27-29-17(2)23(26(34)30-20-9-6-12-28-15-20)24(33(27)32-25)18-10-11-21(35-3)22(14-18)36-4/h5-15,24H,1-4H3,(H,30,34)(H,29,31,32). The van der Waals surface area contributed by atoms with Gasteiger partial charge in [-0.3, -0.25) is 9.78 Å². The van der Waals surface area contributed by atoms with Crippen LogP contribution in [0.25, 0.3) is 11.4 Å². The highest BCUT2D eigenvalue weighted by Gasteiger charge is 2.35. The van der Waals surface area contributed by atoms with Gasteiger partial charge >= 0.3 is 0 Å². The molecular weight excluding hydrogens is 456 g/mol. The number of hydrogen-bond acceptors (Lipinski definition) is 7. The topological polar surface area (TPSA) is 103 Å². The maximum atomic E-state index is 13.6. The van der Waals surface area contributed by atoms with Crippen LogP contribution in [0, 0.1) is 6.92 Å². The van der Waals surface area contributed by atoms with Gasteiger partial charge in [0.2, 0.25) is 5.95 Å². The van der Waals surface area contributed by atoms with Gasteiger partial charge in [-0.25, -0.2) is 4.68 Å². The van der Waals surface area contributed by atoms with E-state index in [0.29, 0.717) is 40.2 Å². The fourth-order valence-corrected chi connectivity index (χ4v) is 4.32. The summed E-state index contributed by atoms with van der Waals surface area (Å²) in [7, 11) is 3.17. The minimum Gasteiger partial charge on any atom is -0.493 e. The summed E-state index contributed by atoms with van der Waals surface area (Å²) in [5.74, 6) is 1.98. The first-order chi connectivity index (χ1) is 17.5. The normalized spacial score (nSPS) is 14.6. The molecule has 0 radical (unpaired) electrons. The maximum Gasteiger partial charge on any atom is 0.255 e. The van der Waals surface area contributed by atoms with E-state index in [0.717, 1.165) is 16.7 Å². The number of nitrogens with zero attached hydrogens (tertiary/aromatic N) is 4. The Bertz CT molecular complexity index is 1460. The zero-order chi connectivity index (χ0) is 25.2.